The summed E-state index contributed by atoms with van der Waals surface area (Å²) >= 11 is 5.96. The molecule has 2 amide bonds. The van der Waals surface area contributed by atoms with Crippen LogP contribution in [0.4, 0.5) is 11.4 Å². The van der Waals surface area contributed by atoms with Crippen molar-refractivity contribution in [2.75, 3.05) is 23.7 Å². The predicted molar refractivity (Wildman–Crippen MR) is 102 cm³/mol. The first-order valence-electron chi connectivity index (χ1n) is 8.32. The lowest BCUT2D eigenvalue weighted by molar-refractivity contribution is -0.155. The number of carbonyl (C=O) groups is 3. The SMILES string of the molecule is Nc1ccc(Cl)cc1N1CCN([C@@H](Cc2ccccc2)C(=O)O)C(=O)C1=O. The summed E-state index contributed by atoms with van der Waals surface area (Å²) in [6, 6.07) is 12.5. The number of nitrogens with two attached hydrogens (primary N) is 1. The molecule has 0 radical (unpaired) electrons. The fraction of sp³-hybridized carbons (Fsp3) is 0.211. The average Bonchev–Trinajstić information content (AvgIpc) is 2.65. The second-order valence-electron chi connectivity index (χ2n) is 6.20. The smallest absolute Gasteiger partial charge is 0.326 e. The summed E-state index contributed by atoms with van der Waals surface area (Å²) in [6.45, 7) is 0.216. The van der Waals surface area contributed by atoms with Crippen molar-refractivity contribution in [3.63, 3.8) is 0 Å². The highest BCUT2D eigenvalue weighted by molar-refractivity contribution is 6.41. The number of carboxylic acid groups (broad SMARTS) is 1. The Labute approximate surface area is 160 Å². The van der Waals surface area contributed by atoms with E-state index in [4.69, 9.17) is 17.3 Å². The molecular formula is C19H18ClN3O4. The summed E-state index contributed by atoms with van der Waals surface area (Å²) in [6.07, 6.45) is 0.120. The standard InChI is InChI=1S/C19H18ClN3O4/c20-13-6-7-14(21)15(11-13)22-8-9-23(18(25)17(22)24)16(19(26)27)10-12-4-2-1-3-5-12/h1-7,11,16H,8-10,21H2,(H,26,27)/t16-/m0/s1. The molecule has 3 N–H and O–H groups in total. The molecule has 1 atom stereocenters. The molecule has 2 aromatic carbocycles. The van der Waals surface area contributed by atoms with Gasteiger partial charge in [0.05, 0.1) is 11.4 Å². The van der Waals surface area contributed by atoms with Gasteiger partial charge in [-0.1, -0.05) is 41.9 Å². The molecule has 27 heavy (non-hydrogen) atoms. The Morgan fingerprint density at radius 3 is 2.48 bits per heavy atom. The van der Waals surface area contributed by atoms with E-state index >= 15 is 0 Å². The monoisotopic (exact) mass is 387 g/mol. The minimum atomic E-state index is -1.16. The van der Waals surface area contributed by atoms with Gasteiger partial charge in [0.15, 0.2) is 0 Å². The zero-order chi connectivity index (χ0) is 19.6. The van der Waals surface area contributed by atoms with Crippen molar-refractivity contribution in [1.29, 1.82) is 0 Å². The first-order valence-corrected chi connectivity index (χ1v) is 8.70. The number of amides is 2. The van der Waals surface area contributed by atoms with E-state index in [-0.39, 0.29) is 19.5 Å². The van der Waals surface area contributed by atoms with E-state index in [1.165, 1.54) is 11.0 Å². The maximum absolute atomic E-state index is 12.6. The van der Waals surface area contributed by atoms with Crippen LogP contribution in [0.1, 0.15) is 5.56 Å². The minimum absolute atomic E-state index is 0.0837. The molecule has 140 valence electrons. The van der Waals surface area contributed by atoms with Crippen molar-refractivity contribution >= 4 is 40.8 Å². The first kappa shape index (κ1) is 18.7. The van der Waals surface area contributed by atoms with Crippen LogP contribution in [0.3, 0.4) is 0 Å². The van der Waals surface area contributed by atoms with Gasteiger partial charge in [-0.25, -0.2) is 4.79 Å². The third-order valence-corrected chi connectivity index (χ3v) is 4.71. The number of benzene rings is 2. The molecule has 2 aromatic rings. The fourth-order valence-corrected chi connectivity index (χ4v) is 3.26. The lowest BCUT2D eigenvalue weighted by atomic mass is 10.0. The first-order chi connectivity index (χ1) is 12.9. The highest BCUT2D eigenvalue weighted by atomic mass is 35.5. The van der Waals surface area contributed by atoms with Gasteiger partial charge < -0.3 is 20.6 Å². The number of anilines is 2. The highest BCUT2D eigenvalue weighted by Crippen LogP contribution is 2.29. The zero-order valence-electron chi connectivity index (χ0n) is 14.3. The van der Waals surface area contributed by atoms with Crippen LogP contribution in [-0.4, -0.2) is 46.9 Å². The molecule has 0 spiro atoms. The van der Waals surface area contributed by atoms with Crippen LogP contribution in [-0.2, 0) is 20.8 Å². The Morgan fingerprint density at radius 2 is 1.81 bits per heavy atom. The van der Waals surface area contributed by atoms with E-state index in [0.717, 1.165) is 10.5 Å². The maximum Gasteiger partial charge on any atom is 0.326 e. The molecule has 8 heteroatoms. The van der Waals surface area contributed by atoms with E-state index in [2.05, 4.69) is 0 Å². The molecule has 0 saturated carbocycles. The number of nitrogens with zero attached hydrogens (tertiary/aromatic N) is 2. The summed E-state index contributed by atoms with van der Waals surface area (Å²) in [7, 11) is 0. The molecular weight excluding hydrogens is 370 g/mol. The van der Waals surface area contributed by atoms with Crippen molar-refractivity contribution < 1.29 is 19.5 Å². The summed E-state index contributed by atoms with van der Waals surface area (Å²) in [5.41, 5.74) is 7.33. The van der Waals surface area contributed by atoms with E-state index in [0.29, 0.717) is 16.4 Å². The van der Waals surface area contributed by atoms with Gasteiger partial charge in [-0.2, -0.15) is 0 Å². The van der Waals surface area contributed by atoms with Crippen LogP contribution in [0.5, 0.6) is 0 Å². The van der Waals surface area contributed by atoms with E-state index in [1.807, 2.05) is 6.07 Å². The molecule has 1 fully saturated rings. The number of piperazine rings is 1. The summed E-state index contributed by atoms with van der Waals surface area (Å²) in [4.78, 5) is 39.4. The van der Waals surface area contributed by atoms with E-state index < -0.39 is 23.8 Å². The van der Waals surface area contributed by atoms with Gasteiger partial charge in [0.1, 0.15) is 6.04 Å². The van der Waals surface area contributed by atoms with Gasteiger partial charge in [0, 0.05) is 24.5 Å². The molecule has 0 bridgehead atoms. The Bertz CT molecular complexity index is 888. The average molecular weight is 388 g/mol. The normalized spacial score (nSPS) is 15.7. The molecule has 3 rings (SSSR count). The molecule has 1 aliphatic rings. The Balaban J connectivity index is 1.83. The lowest BCUT2D eigenvalue weighted by Crippen LogP contribution is -2.59. The van der Waals surface area contributed by atoms with Gasteiger partial charge in [-0.15, -0.1) is 0 Å². The number of carbonyl (C=O) groups excluding carboxylic acids is 2. The largest absolute Gasteiger partial charge is 0.480 e. The predicted octanol–water partition coefficient (Wildman–Crippen LogP) is 1.79. The van der Waals surface area contributed by atoms with Crippen LogP contribution in [0.25, 0.3) is 0 Å². The molecule has 0 aromatic heterocycles. The molecule has 0 aliphatic carbocycles. The molecule has 7 nitrogen and oxygen atoms in total. The van der Waals surface area contributed by atoms with Crippen molar-refractivity contribution in [1.82, 2.24) is 4.90 Å². The number of carboxylic acids is 1. The van der Waals surface area contributed by atoms with Crippen LogP contribution >= 0.6 is 11.6 Å². The maximum atomic E-state index is 12.6. The number of aliphatic carboxylic acids is 1. The third-order valence-electron chi connectivity index (χ3n) is 4.47. The summed E-state index contributed by atoms with van der Waals surface area (Å²) < 4.78 is 0. The minimum Gasteiger partial charge on any atom is -0.480 e. The van der Waals surface area contributed by atoms with Crippen molar-refractivity contribution in [3.05, 3.63) is 59.1 Å². The molecule has 0 unspecified atom stereocenters. The number of hydrogen-bond donors (Lipinski definition) is 2. The lowest BCUT2D eigenvalue weighted by Gasteiger charge is -2.37. The van der Waals surface area contributed by atoms with Gasteiger partial charge in [-0.3, -0.25) is 9.59 Å². The van der Waals surface area contributed by atoms with Crippen LogP contribution in [0.2, 0.25) is 5.02 Å². The van der Waals surface area contributed by atoms with Gasteiger partial charge in [0.25, 0.3) is 0 Å². The van der Waals surface area contributed by atoms with Gasteiger partial charge in [-0.05, 0) is 23.8 Å². The number of rotatable bonds is 5. The Kier molecular flexibility index (Phi) is 5.32. The fourth-order valence-electron chi connectivity index (χ4n) is 3.10. The van der Waals surface area contributed by atoms with Crippen LogP contribution in [0.15, 0.2) is 48.5 Å². The summed E-state index contributed by atoms with van der Waals surface area (Å²) in [5, 5.41) is 9.98. The van der Waals surface area contributed by atoms with E-state index in [9.17, 15) is 19.5 Å². The Morgan fingerprint density at radius 1 is 1.11 bits per heavy atom. The van der Waals surface area contributed by atoms with Gasteiger partial charge in [0.2, 0.25) is 0 Å². The summed E-state index contributed by atoms with van der Waals surface area (Å²) in [5.74, 6) is -2.85. The molecule has 1 saturated heterocycles. The second kappa shape index (κ2) is 7.67. The van der Waals surface area contributed by atoms with Crippen molar-refractivity contribution in [2.24, 2.45) is 0 Å². The van der Waals surface area contributed by atoms with Crippen LogP contribution < -0.4 is 10.6 Å². The highest BCUT2D eigenvalue weighted by Gasteiger charge is 2.40. The zero-order valence-corrected chi connectivity index (χ0v) is 15.1. The van der Waals surface area contributed by atoms with E-state index in [1.54, 1.807) is 36.4 Å². The third kappa shape index (κ3) is 3.88. The molecule has 1 heterocycles. The quantitative estimate of drug-likeness (QED) is 0.601. The van der Waals surface area contributed by atoms with Crippen LogP contribution in [0, 0.1) is 0 Å². The topological polar surface area (TPSA) is 104 Å². The van der Waals surface area contributed by atoms with Crippen molar-refractivity contribution in [3.8, 4) is 0 Å². The molecule has 1 aliphatic heterocycles. The van der Waals surface area contributed by atoms with Gasteiger partial charge >= 0.3 is 17.8 Å². The number of halogens is 1. The second-order valence-corrected chi connectivity index (χ2v) is 6.64. The van der Waals surface area contributed by atoms with Crippen molar-refractivity contribution in [2.45, 2.75) is 12.5 Å². The number of hydrogen-bond acceptors (Lipinski definition) is 4. The number of nitrogen functional groups attached to an aromatic ring is 1. The Hall–Kier alpha value is -3.06.